The van der Waals surface area contributed by atoms with E-state index in [1.54, 1.807) is 23.5 Å². The molecule has 1 aliphatic carbocycles. The molecular weight excluding hydrogens is 448 g/mol. The van der Waals surface area contributed by atoms with Crippen LogP contribution in [0, 0.1) is 0 Å². The number of aryl methyl sites for hydroxylation is 2. The second kappa shape index (κ2) is 6.82. The predicted octanol–water partition coefficient (Wildman–Crippen LogP) is 5.60. The zero-order valence-corrected chi connectivity index (χ0v) is 18.1. The Bertz CT molecular complexity index is 1120. The normalized spacial score (nSPS) is 13.8. The minimum absolute atomic E-state index is 0.863. The van der Waals surface area contributed by atoms with Crippen molar-refractivity contribution in [1.29, 1.82) is 0 Å². The number of aromatic nitrogens is 4. The molecule has 26 heavy (non-hydrogen) atoms. The lowest BCUT2D eigenvalue weighted by molar-refractivity contribution is 0.818. The molecule has 0 unspecified atom stereocenters. The van der Waals surface area contributed by atoms with Crippen LogP contribution in [0.5, 0.6) is 0 Å². The number of hydrogen-bond donors (Lipinski definition) is 0. The van der Waals surface area contributed by atoms with E-state index in [1.807, 2.05) is 11.3 Å². The summed E-state index contributed by atoms with van der Waals surface area (Å²) in [5.74, 6) is 0.863. The van der Waals surface area contributed by atoms with E-state index in [9.17, 15) is 0 Å². The van der Waals surface area contributed by atoms with Gasteiger partial charge in [0.15, 0.2) is 16.0 Å². The third-order valence-electron chi connectivity index (χ3n) is 4.61. The first-order chi connectivity index (χ1) is 12.7. The van der Waals surface area contributed by atoms with Crippen LogP contribution in [0.3, 0.4) is 0 Å². The molecule has 0 fully saturated rings. The molecule has 0 spiro atoms. The topological polar surface area (TPSA) is 43.1 Å². The van der Waals surface area contributed by atoms with Crippen molar-refractivity contribution in [2.45, 2.75) is 35.3 Å². The van der Waals surface area contributed by atoms with Gasteiger partial charge in [0.2, 0.25) is 0 Å². The molecule has 0 amide bonds. The molecule has 3 heterocycles. The number of nitrogens with zero attached hydrogens (tertiary/aromatic N) is 4. The molecule has 3 aromatic heterocycles. The van der Waals surface area contributed by atoms with E-state index in [4.69, 9.17) is 4.98 Å². The highest BCUT2D eigenvalue weighted by atomic mass is 79.9. The summed E-state index contributed by atoms with van der Waals surface area (Å²) in [6.45, 7) is 0. The van der Waals surface area contributed by atoms with Crippen molar-refractivity contribution in [2.75, 3.05) is 6.26 Å². The summed E-state index contributed by atoms with van der Waals surface area (Å²) in [6.07, 6.45) is 5.63. The van der Waals surface area contributed by atoms with Crippen LogP contribution < -0.4 is 0 Å². The van der Waals surface area contributed by atoms with Gasteiger partial charge in [0.25, 0.3) is 0 Å². The summed E-state index contributed by atoms with van der Waals surface area (Å²) in [7, 11) is 0. The van der Waals surface area contributed by atoms with Gasteiger partial charge in [0, 0.05) is 15.1 Å². The molecule has 4 aromatic rings. The molecular formula is C18H15BrN4S3. The standard InChI is InChI=1S/C18H15BrN4S3/c1-24-17-20-16-14(12-3-2-4-13(12)26-16)15-21-22-18(23(15)17)25-9-10-5-7-11(19)8-6-10/h5-8H,2-4,9H2,1H3. The van der Waals surface area contributed by atoms with Crippen LogP contribution in [0.2, 0.25) is 0 Å². The van der Waals surface area contributed by atoms with Crippen LogP contribution >= 0.6 is 50.8 Å². The average molecular weight is 463 g/mol. The number of halogens is 1. The Kier molecular flexibility index (Phi) is 4.47. The molecule has 5 rings (SSSR count). The lowest BCUT2D eigenvalue weighted by atomic mass is 10.2. The highest BCUT2D eigenvalue weighted by molar-refractivity contribution is 9.10. The summed E-state index contributed by atoms with van der Waals surface area (Å²) >= 11 is 8.69. The molecule has 1 aromatic carbocycles. The first-order valence-corrected chi connectivity index (χ1v) is 12.2. The Hall–Kier alpha value is -1.09. The van der Waals surface area contributed by atoms with Gasteiger partial charge in [-0.15, -0.1) is 21.5 Å². The molecule has 0 saturated carbocycles. The van der Waals surface area contributed by atoms with Crippen molar-refractivity contribution in [2.24, 2.45) is 0 Å². The summed E-state index contributed by atoms with van der Waals surface area (Å²) in [4.78, 5) is 7.53. The minimum Gasteiger partial charge on any atom is -0.248 e. The van der Waals surface area contributed by atoms with Crippen LogP contribution in [-0.4, -0.2) is 25.8 Å². The van der Waals surface area contributed by atoms with Crippen molar-refractivity contribution in [1.82, 2.24) is 19.6 Å². The van der Waals surface area contributed by atoms with Gasteiger partial charge in [-0.1, -0.05) is 51.6 Å². The molecule has 0 radical (unpaired) electrons. The first kappa shape index (κ1) is 17.0. The highest BCUT2D eigenvalue weighted by Crippen LogP contribution is 2.40. The van der Waals surface area contributed by atoms with Crippen LogP contribution in [-0.2, 0) is 18.6 Å². The number of rotatable bonds is 4. The number of thiophene rings is 1. The summed E-state index contributed by atoms with van der Waals surface area (Å²) < 4.78 is 3.24. The summed E-state index contributed by atoms with van der Waals surface area (Å²) in [5.41, 5.74) is 3.69. The molecule has 0 saturated heterocycles. The Morgan fingerprint density at radius 3 is 2.81 bits per heavy atom. The number of fused-ring (bicyclic) bond motifs is 5. The van der Waals surface area contributed by atoms with E-state index in [0.29, 0.717) is 0 Å². The lowest BCUT2D eigenvalue weighted by Gasteiger charge is -2.06. The zero-order valence-electron chi connectivity index (χ0n) is 14.0. The largest absolute Gasteiger partial charge is 0.248 e. The second-order valence-corrected chi connectivity index (χ2v) is 9.91. The summed E-state index contributed by atoms with van der Waals surface area (Å²) in [5, 5.41) is 12.2. The molecule has 132 valence electrons. The smallest absolute Gasteiger partial charge is 0.198 e. The Morgan fingerprint density at radius 2 is 2.00 bits per heavy atom. The maximum atomic E-state index is 4.93. The molecule has 1 aliphatic rings. The van der Waals surface area contributed by atoms with Gasteiger partial charge in [-0.25, -0.2) is 9.38 Å². The molecule has 0 bridgehead atoms. The van der Waals surface area contributed by atoms with Gasteiger partial charge in [-0.05, 0) is 48.8 Å². The summed E-state index contributed by atoms with van der Waals surface area (Å²) in [6, 6.07) is 8.42. The number of benzene rings is 1. The fourth-order valence-corrected chi connectivity index (χ4v) is 6.46. The number of hydrogen-bond acceptors (Lipinski definition) is 6. The van der Waals surface area contributed by atoms with Crippen LogP contribution in [0.25, 0.3) is 15.9 Å². The third kappa shape index (κ3) is 2.78. The van der Waals surface area contributed by atoms with Gasteiger partial charge in [0.1, 0.15) is 4.83 Å². The third-order valence-corrected chi connectivity index (χ3v) is 7.97. The Morgan fingerprint density at radius 1 is 1.15 bits per heavy atom. The fourth-order valence-electron chi connectivity index (χ4n) is 3.40. The van der Waals surface area contributed by atoms with Crippen molar-refractivity contribution in [3.63, 3.8) is 0 Å². The van der Waals surface area contributed by atoms with Crippen molar-refractivity contribution >= 4 is 66.7 Å². The molecule has 8 heteroatoms. The van der Waals surface area contributed by atoms with Gasteiger partial charge in [0.05, 0.1) is 5.39 Å². The zero-order chi connectivity index (χ0) is 17.7. The van der Waals surface area contributed by atoms with Crippen molar-refractivity contribution in [3.05, 3.63) is 44.7 Å². The molecule has 0 atom stereocenters. The van der Waals surface area contributed by atoms with Gasteiger partial charge >= 0.3 is 0 Å². The van der Waals surface area contributed by atoms with Crippen molar-refractivity contribution < 1.29 is 0 Å². The Labute approximate surface area is 171 Å². The monoisotopic (exact) mass is 462 g/mol. The molecule has 4 nitrogen and oxygen atoms in total. The Balaban J connectivity index is 1.60. The highest BCUT2D eigenvalue weighted by Gasteiger charge is 2.24. The van der Waals surface area contributed by atoms with E-state index >= 15 is 0 Å². The van der Waals surface area contributed by atoms with Gasteiger partial charge in [-0.3, -0.25) is 0 Å². The van der Waals surface area contributed by atoms with Crippen LogP contribution in [0.1, 0.15) is 22.4 Å². The van der Waals surface area contributed by atoms with Crippen LogP contribution in [0.15, 0.2) is 39.1 Å². The molecule has 0 aliphatic heterocycles. The maximum Gasteiger partial charge on any atom is 0.198 e. The van der Waals surface area contributed by atoms with Crippen molar-refractivity contribution in [3.8, 4) is 0 Å². The predicted molar refractivity (Wildman–Crippen MR) is 114 cm³/mol. The minimum atomic E-state index is 0.863. The van der Waals surface area contributed by atoms with E-state index in [1.165, 1.54) is 34.2 Å². The second-order valence-electron chi connectivity index (χ2n) is 6.19. The SMILES string of the molecule is CSc1nc2sc3c(c2c2nnc(SCc4ccc(Br)cc4)n12)CCC3. The number of thioether (sulfide) groups is 2. The van der Waals surface area contributed by atoms with E-state index in [0.717, 1.165) is 37.4 Å². The lowest BCUT2D eigenvalue weighted by Crippen LogP contribution is -1.97. The van der Waals surface area contributed by atoms with E-state index in [-0.39, 0.29) is 0 Å². The first-order valence-electron chi connectivity index (χ1n) is 8.35. The maximum absolute atomic E-state index is 4.93. The molecule has 0 N–H and O–H groups in total. The van der Waals surface area contributed by atoms with Gasteiger partial charge < -0.3 is 0 Å². The van der Waals surface area contributed by atoms with E-state index < -0.39 is 0 Å². The van der Waals surface area contributed by atoms with Gasteiger partial charge in [-0.2, -0.15) is 0 Å². The average Bonchev–Trinajstić information content (AvgIpc) is 3.34. The van der Waals surface area contributed by atoms with Crippen LogP contribution in [0.4, 0.5) is 0 Å². The van der Waals surface area contributed by atoms with E-state index in [2.05, 4.69) is 61.0 Å². The quantitative estimate of drug-likeness (QED) is 0.291. The fraction of sp³-hybridized carbons (Fsp3) is 0.278.